The number of rotatable bonds is 7. The summed E-state index contributed by atoms with van der Waals surface area (Å²) in [4.78, 5) is 22.3. The molecule has 0 aliphatic heterocycles. The molecular weight excluding hydrogens is 210 g/mol. The van der Waals surface area contributed by atoms with Crippen molar-refractivity contribution in [1.29, 1.82) is 0 Å². The highest BCUT2D eigenvalue weighted by Gasteiger charge is 2.41. The fraction of sp³-hybridized carbons (Fsp3) is 0.818. The number of hydrogen-bond acceptors (Lipinski definition) is 4. The zero-order valence-corrected chi connectivity index (χ0v) is 9.62. The Balaban J connectivity index is 2.09. The summed E-state index contributed by atoms with van der Waals surface area (Å²) in [5, 5.41) is 11.8. The van der Waals surface area contributed by atoms with E-state index in [1.165, 1.54) is 0 Å². The molecule has 0 atom stereocenters. The minimum atomic E-state index is -0.346. The van der Waals surface area contributed by atoms with Gasteiger partial charge in [0, 0.05) is 18.4 Å². The third-order valence-electron chi connectivity index (χ3n) is 2.81. The quantitative estimate of drug-likeness (QED) is 0.612. The SMILES string of the molecule is CCOC(=O)CCC(=O)NCC1(CO)CC1. The van der Waals surface area contributed by atoms with Crippen molar-refractivity contribution >= 4 is 11.9 Å². The van der Waals surface area contributed by atoms with Gasteiger partial charge in [-0.1, -0.05) is 0 Å². The van der Waals surface area contributed by atoms with Crippen molar-refractivity contribution < 1.29 is 19.4 Å². The van der Waals surface area contributed by atoms with Gasteiger partial charge >= 0.3 is 5.97 Å². The number of nitrogens with one attached hydrogen (secondary N) is 1. The summed E-state index contributed by atoms with van der Waals surface area (Å²) in [7, 11) is 0. The predicted octanol–water partition coefficient (Wildman–Crippen LogP) is 0.218. The minimum Gasteiger partial charge on any atom is -0.466 e. The third kappa shape index (κ3) is 4.18. The molecule has 0 bridgehead atoms. The van der Waals surface area contributed by atoms with Crippen LogP contribution in [0, 0.1) is 5.41 Å². The first kappa shape index (κ1) is 13.0. The van der Waals surface area contributed by atoms with Crippen LogP contribution in [0.1, 0.15) is 32.6 Å². The molecule has 0 aromatic carbocycles. The second kappa shape index (κ2) is 5.84. The maximum Gasteiger partial charge on any atom is 0.306 e. The largest absolute Gasteiger partial charge is 0.466 e. The third-order valence-corrected chi connectivity index (χ3v) is 2.81. The molecule has 0 saturated heterocycles. The Morgan fingerprint density at radius 3 is 2.56 bits per heavy atom. The Bertz CT molecular complexity index is 261. The monoisotopic (exact) mass is 229 g/mol. The summed E-state index contributed by atoms with van der Waals surface area (Å²) < 4.78 is 4.71. The van der Waals surface area contributed by atoms with Crippen LogP contribution in [-0.4, -0.2) is 36.7 Å². The van der Waals surface area contributed by atoms with Gasteiger partial charge in [-0.2, -0.15) is 0 Å². The van der Waals surface area contributed by atoms with Crippen LogP contribution >= 0.6 is 0 Å². The zero-order chi connectivity index (χ0) is 12.0. The van der Waals surface area contributed by atoms with Crippen LogP contribution in [0.5, 0.6) is 0 Å². The van der Waals surface area contributed by atoms with E-state index in [-0.39, 0.29) is 36.7 Å². The number of esters is 1. The standard InChI is InChI=1S/C11H19NO4/c1-2-16-10(15)4-3-9(14)12-7-11(8-13)5-6-11/h13H,2-8H2,1H3,(H,12,14). The lowest BCUT2D eigenvalue weighted by atomic mass is 10.1. The van der Waals surface area contributed by atoms with Crippen molar-refractivity contribution in [2.45, 2.75) is 32.6 Å². The summed E-state index contributed by atoms with van der Waals surface area (Å²) in [6.45, 7) is 2.69. The van der Waals surface area contributed by atoms with Gasteiger partial charge < -0.3 is 15.2 Å². The summed E-state index contributed by atoms with van der Waals surface area (Å²) in [5.74, 6) is -0.506. The normalized spacial score (nSPS) is 16.6. The van der Waals surface area contributed by atoms with E-state index in [9.17, 15) is 9.59 Å². The van der Waals surface area contributed by atoms with Gasteiger partial charge in [-0.15, -0.1) is 0 Å². The van der Waals surface area contributed by atoms with E-state index in [4.69, 9.17) is 9.84 Å². The van der Waals surface area contributed by atoms with Crippen molar-refractivity contribution in [1.82, 2.24) is 5.32 Å². The van der Waals surface area contributed by atoms with Crippen LogP contribution in [0.2, 0.25) is 0 Å². The van der Waals surface area contributed by atoms with E-state index in [0.29, 0.717) is 13.2 Å². The summed E-state index contributed by atoms with van der Waals surface area (Å²) in [5.41, 5.74) is -0.0837. The Kier molecular flexibility index (Phi) is 4.73. The molecule has 0 radical (unpaired) electrons. The Morgan fingerprint density at radius 1 is 1.38 bits per heavy atom. The molecule has 0 aromatic rings. The lowest BCUT2D eigenvalue weighted by molar-refractivity contribution is -0.144. The van der Waals surface area contributed by atoms with Crippen LogP contribution in [0.15, 0.2) is 0 Å². The molecule has 0 spiro atoms. The van der Waals surface area contributed by atoms with Crippen molar-refractivity contribution in [3.8, 4) is 0 Å². The van der Waals surface area contributed by atoms with Gasteiger partial charge in [-0.25, -0.2) is 0 Å². The van der Waals surface area contributed by atoms with Crippen molar-refractivity contribution in [3.63, 3.8) is 0 Å². The van der Waals surface area contributed by atoms with Gasteiger partial charge in [-0.05, 0) is 19.8 Å². The molecule has 1 fully saturated rings. The maximum atomic E-state index is 11.3. The molecule has 1 aliphatic carbocycles. The average molecular weight is 229 g/mol. The molecule has 1 amide bonds. The number of aliphatic hydroxyl groups excluding tert-OH is 1. The van der Waals surface area contributed by atoms with Gasteiger partial charge in [0.25, 0.3) is 0 Å². The number of carbonyl (C=O) groups is 2. The van der Waals surface area contributed by atoms with Gasteiger partial charge in [0.05, 0.1) is 19.6 Å². The minimum absolute atomic E-state index is 0.0837. The number of amides is 1. The van der Waals surface area contributed by atoms with Crippen LogP contribution in [-0.2, 0) is 14.3 Å². The first-order chi connectivity index (χ1) is 7.62. The van der Waals surface area contributed by atoms with E-state index in [0.717, 1.165) is 12.8 Å². The fourth-order valence-electron chi connectivity index (χ4n) is 1.39. The maximum absolute atomic E-state index is 11.3. The van der Waals surface area contributed by atoms with Crippen LogP contribution < -0.4 is 5.32 Å². The predicted molar refractivity (Wildman–Crippen MR) is 57.6 cm³/mol. The molecule has 0 unspecified atom stereocenters. The molecule has 2 N–H and O–H groups in total. The lowest BCUT2D eigenvalue weighted by Gasteiger charge is -2.12. The van der Waals surface area contributed by atoms with E-state index in [1.807, 2.05) is 0 Å². The molecule has 0 aromatic heterocycles. The number of aliphatic hydroxyl groups is 1. The molecule has 0 heterocycles. The molecule has 92 valence electrons. The van der Waals surface area contributed by atoms with E-state index >= 15 is 0 Å². The van der Waals surface area contributed by atoms with Gasteiger partial charge in [-0.3, -0.25) is 9.59 Å². The zero-order valence-electron chi connectivity index (χ0n) is 9.62. The van der Waals surface area contributed by atoms with Crippen LogP contribution in [0.3, 0.4) is 0 Å². The molecular formula is C11H19NO4. The topological polar surface area (TPSA) is 75.6 Å². The Morgan fingerprint density at radius 2 is 2.06 bits per heavy atom. The number of carbonyl (C=O) groups excluding carboxylic acids is 2. The van der Waals surface area contributed by atoms with E-state index in [1.54, 1.807) is 6.92 Å². The molecule has 16 heavy (non-hydrogen) atoms. The number of ether oxygens (including phenoxy) is 1. The first-order valence-corrected chi connectivity index (χ1v) is 5.65. The molecule has 1 rings (SSSR count). The number of hydrogen-bond donors (Lipinski definition) is 2. The summed E-state index contributed by atoms with van der Waals surface area (Å²) in [6.07, 6.45) is 2.19. The average Bonchev–Trinajstić information content (AvgIpc) is 3.05. The van der Waals surface area contributed by atoms with Crippen LogP contribution in [0.25, 0.3) is 0 Å². The molecule has 1 aliphatic rings. The van der Waals surface area contributed by atoms with E-state index < -0.39 is 0 Å². The Labute approximate surface area is 95.2 Å². The first-order valence-electron chi connectivity index (χ1n) is 5.65. The lowest BCUT2D eigenvalue weighted by Crippen LogP contribution is -2.32. The highest BCUT2D eigenvalue weighted by molar-refractivity contribution is 5.81. The molecule has 5 nitrogen and oxygen atoms in total. The van der Waals surface area contributed by atoms with Crippen molar-refractivity contribution in [3.05, 3.63) is 0 Å². The van der Waals surface area contributed by atoms with Gasteiger partial charge in [0.15, 0.2) is 0 Å². The van der Waals surface area contributed by atoms with Crippen molar-refractivity contribution in [2.75, 3.05) is 19.8 Å². The van der Waals surface area contributed by atoms with Crippen molar-refractivity contribution in [2.24, 2.45) is 5.41 Å². The second-order valence-corrected chi connectivity index (χ2v) is 4.24. The Hall–Kier alpha value is -1.10. The van der Waals surface area contributed by atoms with E-state index in [2.05, 4.69) is 5.32 Å². The van der Waals surface area contributed by atoms with Crippen LogP contribution in [0.4, 0.5) is 0 Å². The molecule has 1 saturated carbocycles. The van der Waals surface area contributed by atoms with Gasteiger partial charge in [0.2, 0.25) is 5.91 Å². The smallest absolute Gasteiger partial charge is 0.306 e. The van der Waals surface area contributed by atoms with Gasteiger partial charge in [0.1, 0.15) is 0 Å². The summed E-state index contributed by atoms with van der Waals surface area (Å²) in [6, 6.07) is 0. The molecule has 5 heteroatoms. The summed E-state index contributed by atoms with van der Waals surface area (Å²) >= 11 is 0. The highest BCUT2D eigenvalue weighted by atomic mass is 16.5. The highest BCUT2D eigenvalue weighted by Crippen LogP contribution is 2.44. The fourth-order valence-corrected chi connectivity index (χ4v) is 1.39. The second-order valence-electron chi connectivity index (χ2n) is 4.24.